The summed E-state index contributed by atoms with van der Waals surface area (Å²) in [4.78, 5) is 28.2. The third-order valence-corrected chi connectivity index (χ3v) is 7.49. The van der Waals surface area contributed by atoms with E-state index in [1.165, 1.54) is 16.2 Å². The van der Waals surface area contributed by atoms with E-state index in [0.717, 1.165) is 67.7 Å². The van der Waals surface area contributed by atoms with Crippen molar-refractivity contribution >= 4 is 28.2 Å². The van der Waals surface area contributed by atoms with Gasteiger partial charge in [-0.25, -0.2) is 0 Å². The summed E-state index contributed by atoms with van der Waals surface area (Å²) in [5, 5.41) is 3.58. The van der Waals surface area contributed by atoms with Gasteiger partial charge in [0.2, 0.25) is 5.91 Å². The van der Waals surface area contributed by atoms with Crippen LogP contribution in [0, 0.1) is 0 Å². The molecule has 1 saturated heterocycles. The molecule has 0 unspecified atom stereocenters. The van der Waals surface area contributed by atoms with E-state index in [0.29, 0.717) is 23.8 Å². The number of thiophene rings is 1. The molecule has 0 radical (unpaired) electrons. The Balaban J connectivity index is 1.30. The lowest BCUT2D eigenvalue weighted by molar-refractivity contribution is -0.117. The largest absolute Gasteiger partial charge is 0.490 e. The highest BCUT2D eigenvalue weighted by atomic mass is 32.1. The van der Waals surface area contributed by atoms with Crippen molar-refractivity contribution in [2.75, 3.05) is 31.6 Å². The summed E-state index contributed by atoms with van der Waals surface area (Å²) < 4.78 is 11.6. The molecule has 164 valence electrons. The average Bonchev–Trinajstić information content (AvgIpc) is 3.40. The van der Waals surface area contributed by atoms with E-state index in [9.17, 15) is 9.59 Å². The Kier molecular flexibility index (Phi) is 5.58. The number of carbonyl (C=O) groups is 2. The van der Waals surface area contributed by atoms with Gasteiger partial charge in [0.1, 0.15) is 5.00 Å². The topological polar surface area (TPSA) is 93.9 Å². The molecule has 31 heavy (non-hydrogen) atoms. The quantitative estimate of drug-likeness (QED) is 0.743. The van der Waals surface area contributed by atoms with Crippen LogP contribution in [-0.2, 0) is 17.6 Å². The fourth-order valence-electron chi connectivity index (χ4n) is 4.88. The Morgan fingerprint density at radius 2 is 1.97 bits per heavy atom. The maximum atomic E-state index is 12.9. The van der Waals surface area contributed by atoms with Crippen LogP contribution in [0.25, 0.3) is 0 Å². The van der Waals surface area contributed by atoms with E-state index in [4.69, 9.17) is 15.2 Å². The van der Waals surface area contributed by atoms with Crippen molar-refractivity contribution in [3.05, 3.63) is 39.8 Å². The van der Waals surface area contributed by atoms with Gasteiger partial charge in [0.15, 0.2) is 11.5 Å². The number of aryl methyl sites for hydroxylation is 1. The third-order valence-electron chi connectivity index (χ3n) is 6.29. The van der Waals surface area contributed by atoms with Crippen LogP contribution in [0.5, 0.6) is 11.5 Å². The van der Waals surface area contributed by atoms with Gasteiger partial charge in [-0.15, -0.1) is 11.3 Å². The van der Waals surface area contributed by atoms with E-state index in [-0.39, 0.29) is 18.5 Å². The van der Waals surface area contributed by atoms with Gasteiger partial charge in [-0.2, -0.15) is 0 Å². The molecule has 2 aromatic rings. The number of hydrogen-bond donors (Lipinski definition) is 2. The number of nitrogens with two attached hydrogens (primary N) is 1. The fourth-order valence-corrected chi connectivity index (χ4v) is 6.19. The minimum atomic E-state index is -0.457. The zero-order valence-corrected chi connectivity index (χ0v) is 18.3. The SMILES string of the molecule is NC(=O)c1c(NC(=O)CN2CCC[C@H]2c2ccc3c(c2)OCCCO3)sc2c1CCC2. The number of likely N-dealkylation sites (tertiary alicyclic amines) is 1. The van der Waals surface area contributed by atoms with Crippen LogP contribution in [-0.4, -0.2) is 43.0 Å². The van der Waals surface area contributed by atoms with E-state index in [2.05, 4.69) is 22.3 Å². The van der Waals surface area contributed by atoms with Crippen molar-refractivity contribution < 1.29 is 19.1 Å². The minimum absolute atomic E-state index is 0.108. The summed E-state index contributed by atoms with van der Waals surface area (Å²) in [5.74, 6) is 1.00. The predicted molar refractivity (Wildman–Crippen MR) is 119 cm³/mol. The number of benzene rings is 1. The third kappa shape index (κ3) is 4.02. The van der Waals surface area contributed by atoms with Gasteiger partial charge in [0.05, 0.1) is 25.3 Å². The number of ether oxygens (including phenoxy) is 2. The molecule has 0 saturated carbocycles. The molecular formula is C23H27N3O4S. The Morgan fingerprint density at radius 3 is 2.81 bits per heavy atom. The van der Waals surface area contributed by atoms with Crippen molar-refractivity contribution in [3.8, 4) is 11.5 Å². The molecule has 1 aliphatic carbocycles. The Bertz CT molecular complexity index is 1020. The number of carbonyl (C=O) groups excluding carboxylic acids is 2. The lowest BCUT2D eigenvalue weighted by Gasteiger charge is -2.25. The highest BCUT2D eigenvalue weighted by Crippen LogP contribution is 2.40. The summed E-state index contributed by atoms with van der Waals surface area (Å²) in [6.07, 6.45) is 5.76. The second kappa shape index (κ2) is 8.51. The molecule has 2 amide bonds. The molecule has 1 aromatic heterocycles. The molecule has 0 bridgehead atoms. The van der Waals surface area contributed by atoms with E-state index in [1.807, 2.05) is 6.07 Å². The van der Waals surface area contributed by atoms with Gasteiger partial charge in [0.25, 0.3) is 5.91 Å². The normalized spacial score (nSPS) is 20.3. The second-order valence-corrected chi connectivity index (χ2v) is 9.46. The van der Waals surface area contributed by atoms with Crippen LogP contribution in [0.2, 0.25) is 0 Å². The number of anilines is 1. The molecule has 3 heterocycles. The van der Waals surface area contributed by atoms with Crippen LogP contribution in [0.1, 0.15) is 58.1 Å². The average molecular weight is 442 g/mol. The van der Waals surface area contributed by atoms with Crippen molar-refractivity contribution in [2.45, 2.75) is 44.6 Å². The number of primary amides is 1. The van der Waals surface area contributed by atoms with E-state index in [1.54, 1.807) is 0 Å². The van der Waals surface area contributed by atoms with Crippen molar-refractivity contribution in [1.82, 2.24) is 4.90 Å². The second-order valence-electron chi connectivity index (χ2n) is 8.36. The molecule has 3 aliphatic rings. The maximum absolute atomic E-state index is 12.9. The molecule has 0 spiro atoms. The van der Waals surface area contributed by atoms with Crippen LogP contribution in [0.4, 0.5) is 5.00 Å². The van der Waals surface area contributed by atoms with Crippen LogP contribution < -0.4 is 20.5 Å². The lowest BCUT2D eigenvalue weighted by atomic mass is 10.0. The van der Waals surface area contributed by atoms with Crippen molar-refractivity contribution in [2.24, 2.45) is 5.73 Å². The summed E-state index contributed by atoms with van der Waals surface area (Å²) in [6, 6.07) is 6.26. The summed E-state index contributed by atoms with van der Waals surface area (Å²) in [6.45, 7) is 2.46. The minimum Gasteiger partial charge on any atom is -0.490 e. The zero-order valence-electron chi connectivity index (χ0n) is 17.4. The summed E-state index contributed by atoms with van der Waals surface area (Å²) in [5.41, 5.74) is 8.29. The van der Waals surface area contributed by atoms with E-state index < -0.39 is 5.91 Å². The molecule has 1 aromatic carbocycles. The smallest absolute Gasteiger partial charge is 0.251 e. The number of fused-ring (bicyclic) bond motifs is 2. The number of nitrogens with one attached hydrogen (secondary N) is 1. The first-order chi connectivity index (χ1) is 15.1. The van der Waals surface area contributed by atoms with Crippen molar-refractivity contribution in [1.29, 1.82) is 0 Å². The Morgan fingerprint density at radius 1 is 1.13 bits per heavy atom. The standard InChI is InChI=1S/C23H27N3O4S/c24-22(28)21-15-4-1-6-19(15)31-23(21)25-20(27)13-26-9-2-5-16(26)14-7-8-17-18(12-14)30-11-3-10-29-17/h7-8,12,16H,1-6,9-11,13H2,(H2,24,28)(H,25,27)/t16-/m0/s1. The first-order valence-corrected chi connectivity index (χ1v) is 11.8. The van der Waals surface area contributed by atoms with Gasteiger partial charge in [0, 0.05) is 17.3 Å². The highest BCUT2D eigenvalue weighted by molar-refractivity contribution is 7.17. The van der Waals surface area contributed by atoms with Gasteiger partial charge in [-0.3, -0.25) is 14.5 Å². The maximum Gasteiger partial charge on any atom is 0.251 e. The molecular weight excluding hydrogens is 414 g/mol. The summed E-state index contributed by atoms with van der Waals surface area (Å²) >= 11 is 1.50. The number of hydrogen-bond acceptors (Lipinski definition) is 6. The predicted octanol–water partition coefficient (Wildman–Crippen LogP) is 3.27. The Hall–Kier alpha value is -2.58. The first-order valence-electron chi connectivity index (χ1n) is 11.0. The van der Waals surface area contributed by atoms with Gasteiger partial charge in [-0.1, -0.05) is 6.07 Å². The zero-order chi connectivity index (χ0) is 21.4. The van der Waals surface area contributed by atoms with Crippen LogP contribution in [0.15, 0.2) is 18.2 Å². The number of amides is 2. The molecule has 3 N–H and O–H groups in total. The molecule has 2 aliphatic heterocycles. The van der Waals surface area contributed by atoms with E-state index >= 15 is 0 Å². The lowest BCUT2D eigenvalue weighted by Crippen LogP contribution is -2.33. The first kappa shape index (κ1) is 20.3. The van der Waals surface area contributed by atoms with Crippen molar-refractivity contribution in [3.63, 3.8) is 0 Å². The molecule has 1 atom stereocenters. The molecule has 5 rings (SSSR count). The molecule has 7 nitrogen and oxygen atoms in total. The summed E-state index contributed by atoms with van der Waals surface area (Å²) in [7, 11) is 0. The van der Waals surface area contributed by atoms with Gasteiger partial charge in [-0.05, 0) is 61.9 Å². The number of nitrogens with zero attached hydrogens (tertiary/aromatic N) is 1. The van der Waals surface area contributed by atoms with Crippen LogP contribution in [0.3, 0.4) is 0 Å². The fraction of sp³-hybridized carbons (Fsp3) is 0.478. The van der Waals surface area contributed by atoms with Gasteiger partial charge < -0.3 is 20.5 Å². The van der Waals surface area contributed by atoms with Gasteiger partial charge >= 0.3 is 0 Å². The monoisotopic (exact) mass is 441 g/mol. The number of rotatable bonds is 5. The Labute approximate surface area is 185 Å². The van der Waals surface area contributed by atoms with Crippen LogP contribution >= 0.6 is 11.3 Å². The molecule has 8 heteroatoms. The highest BCUT2D eigenvalue weighted by Gasteiger charge is 2.30. The molecule has 1 fully saturated rings.